The van der Waals surface area contributed by atoms with Crippen molar-refractivity contribution in [2.24, 2.45) is 5.73 Å². The second kappa shape index (κ2) is 4.73. The monoisotopic (exact) mass is 246 g/mol. The van der Waals surface area contributed by atoms with Crippen LogP contribution in [0.5, 0.6) is 0 Å². The number of hydrogen-bond donors (Lipinski definition) is 1. The molecule has 0 saturated heterocycles. The summed E-state index contributed by atoms with van der Waals surface area (Å²) in [6, 6.07) is 7.78. The van der Waals surface area contributed by atoms with Gasteiger partial charge in [-0.3, -0.25) is 4.79 Å². The number of rotatable bonds is 3. The summed E-state index contributed by atoms with van der Waals surface area (Å²) in [5, 5.41) is 0. The maximum Gasteiger partial charge on any atom is 0.243 e. The largest absolute Gasteiger partial charge is 0.320 e. The van der Waals surface area contributed by atoms with E-state index in [9.17, 15) is 4.79 Å². The van der Waals surface area contributed by atoms with Crippen LogP contribution in [0.3, 0.4) is 0 Å². The topological polar surface area (TPSA) is 46.3 Å². The van der Waals surface area contributed by atoms with Crippen LogP contribution in [0.15, 0.2) is 24.3 Å². The van der Waals surface area contributed by atoms with E-state index in [1.807, 2.05) is 17.0 Å². The third kappa shape index (κ3) is 1.83. The van der Waals surface area contributed by atoms with E-state index >= 15 is 0 Å². The molecule has 0 bridgehead atoms. The summed E-state index contributed by atoms with van der Waals surface area (Å²) in [5.74, 6) is 0.0197. The highest BCUT2D eigenvalue weighted by Gasteiger charge is 2.42. The fourth-order valence-corrected chi connectivity index (χ4v) is 2.93. The molecule has 1 aliphatic heterocycles. The van der Waals surface area contributed by atoms with E-state index < -0.39 is 6.04 Å². The summed E-state index contributed by atoms with van der Waals surface area (Å²) in [6.07, 6.45) is 2.09. The Morgan fingerprint density at radius 1 is 1.39 bits per heavy atom. The highest BCUT2D eigenvalue weighted by Crippen LogP contribution is 2.45. The molecule has 18 heavy (non-hydrogen) atoms. The summed E-state index contributed by atoms with van der Waals surface area (Å²) < 4.78 is 0. The molecule has 1 atom stereocenters. The predicted molar refractivity (Wildman–Crippen MR) is 74.7 cm³/mol. The van der Waals surface area contributed by atoms with Gasteiger partial charge in [-0.25, -0.2) is 0 Å². The van der Waals surface area contributed by atoms with Crippen LogP contribution < -0.4 is 10.6 Å². The zero-order valence-corrected chi connectivity index (χ0v) is 11.4. The zero-order chi connectivity index (χ0) is 13.3. The van der Waals surface area contributed by atoms with Gasteiger partial charge in [-0.15, -0.1) is 0 Å². The fraction of sp³-hybridized carbons (Fsp3) is 0.533. The van der Waals surface area contributed by atoms with Crippen LogP contribution in [-0.2, 0) is 10.2 Å². The van der Waals surface area contributed by atoms with Crippen molar-refractivity contribution in [3.8, 4) is 0 Å². The third-order valence-electron chi connectivity index (χ3n) is 4.24. The van der Waals surface area contributed by atoms with Crippen LogP contribution in [-0.4, -0.2) is 18.5 Å². The van der Waals surface area contributed by atoms with Gasteiger partial charge in [-0.2, -0.15) is 0 Å². The van der Waals surface area contributed by atoms with Gasteiger partial charge in [-0.05, 0) is 31.4 Å². The Bertz CT molecular complexity index is 450. The zero-order valence-electron chi connectivity index (χ0n) is 11.4. The number of fused-ring (bicyclic) bond motifs is 1. The maximum absolute atomic E-state index is 12.2. The van der Waals surface area contributed by atoms with Gasteiger partial charge in [0, 0.05) is 17.6 Å². The number of hydrogen-bond acceptors (Lipinski definition) is 2. The molecule has 0 aliphatic carbocycles. The van der Waals surface area contributed by atoms with Gasteiger partial charge in [0.15, 0.2) is 0 Å². The van der Waals surface area contributed by atoms with Gasteiger partial charge in [0.25, 0.3) is 0 Å². The number of benzene rings is 1. The number of nitrogens with zero attached hydrogens (tertiary/aromatic N) is 1. The Morgan fingerprint density at radius 3 is 2.56 bits per heavy atom. The first-order valence-electron chi connectivity index (χ1n) is 6.72. The van der Waals surface area contributed by atoms with Gasteiger partial charge >= 0.3 is 0 Å². The minimum absolute atomic E-state index is 0.0197. The van der Waals surface area contributed by atoms with Gasteiger partial charge in [-0.1, -0.05) is 32.0 Å². The quantitative estimate of drug-likeness (QED) is 0.890. The molecule has 0 fully saturated rings. The van der Waals surface area contributed by atoms with Crippen molar-refractivity contribution in [3.63, 3.8) is 0 Å². The number of amides is 1. The lowest BCUT2D eigenvalue weighted by molar-refractivity contribution is -0.119. The Hall–Kier alpha value is -1.35. The van der Waals surface area contributed by atoms with Crippen LogP contribution in [0.2, 0.25) is 0 Å². The first-order valence-corrected chi connectivity index (χ1v) is 6.72. The molecule has 2 N–H and O–H groups in total. The van der Waals surface area contributed by atoms with Crippen molar-refractivity contribution >= 4 is 11.6 Å². The number of carbonyl (C=O) groups excluding carboxylic acids is 1. The van der Waals surface area contributed by atoms with E-state index in [0.29, 0.717) is 0 Å². The van der Waals surface area contributed by atoms with Crippen LogP contribution in [0.1, 0.15) is 39.2 Å². The minimum atomic E-state index is -0.442. The predicted octanol–water partition coefficient (Wildman–Crippen LogP) is 2.44. The Morgan fingerprint density at radius 2 is 2.00 bits per heavy atom. The van der Waals surface area contributed by atoms with Gasteiger partial charge in [0.05, 0.1) is 6.04 Å². The highest BCUT2D eigenvalue weighted by molar-refractivity contribution is 5.99. The second-order valence-corrected chi connectivity index (χ2v) is 5.22. The normalized spacial score (nSPS) is 18.6. The van der Waals surface area contributed by atoms with Crippen LogP contribution in [0, 0.1) is 0 Å². The first kappa shape index (κ1) is 13.1. The summed E-state index contributed by atoms with van der Waals surface area (Å²) >= 11 is 0. The molecule has 3 heteroatoms. The molecule has 0 unspecified atom stereocenters. The maximum atomic E-state index is 12.2. The lowest BCUT2D eigenvalue weighted by Gasteiger charge is -2.28. The first-order chi connectivity index (χ1) is 8.55. The van der Waals surface area contributed by atoms with Crippen molar-refractivity contribution in [2.75, 3.05) is 11.4 Å². The van der Waals surface area contributed by atoms with E-state index in [4.69, 9.17) is 5.73 Å². The summed E-state index contributed by atoms with van der Waals surface area (Å²) in [4.78, 5) is 14.1. The standard InChI is InChI=1S/C15H22N2O/c1-4-15(5-2)10-17(14(18)11(3)16)13-9-7-6-8-12(13)15/h6-9,11H,4-5,10,16H2,1-3H3/t11-/m1/s1. The number of carbonyl (C=O) groups is 1. The summed E-state index contributed by atoms with van der Waals surface area (Å²) in [7, 11) is 0. The van der Waals surface area contributed by atoms with E-state index in [0.717, 1.165) is 25.1 Å². The van der Waals surface area contributed by atoms with Crippen molar-refractivity contribution in [2.45, 2.75) is 45.1 Å². The minimum Gasteiger partial charge on any atom is -0.320 e. The van der Waals surface area contributed by atoms with Crippen LogP contribution in [0.25, 0.3) is 0 Å². The molecule has 0 radical (unpaired) electrons. The smallest absolute Gasteiger partial charge is 0.243 e. The fourth-order valence-electron chi connectivity index (χ4n) is 2.93. The van der Waals surface area contributed by atoms with Gasteiger partial charge in [0.2, 0.25) is 5.91 Å². The Balaban J connectivity index is 2.48. The third-order valence-corrected chi connectivity index (χ3v) is 4.24. The van der Waals surface area contributed by atoms with E-state index in [2.05, 4.69) is 26.0 Å². The molecular weight excluding hydrogens is 224 g/mol. The average molecular weight is 246 g/mol. The number of para-hydroxylation sites is 1. The molecular formula is C15H22N2O. The number of anilines is 1. The van der Waals surface area contributed by atoms with E-state index in [1.165, 1.54) is 5.56 Å². The van der Waals surface area contributed by atoms with Crippen LogP contribution in [0.4, 0.5) is 5.69 Å². The van der Waals surface area contributed by atoms with Crippen molar-refractivity contribution in [3.05, 3.63) is 29.8 Å². The second-order valence-electron chi connectivity index (χ2n) is 5.22. The molecule has 3 nitrogen and oxygen atoms in total. The van der Waals surface area contributed by atoms with Gasteiger partial charge in [0.1, 0.15) is 0 Å². The van der Waals surface area contributed by atoms with Crippen molar-refractivity contribution in [1.82, 2.24) is 0 Å². The highest BCUT2D eigenvalue weighted by atomic mass is 16.2. The summed E-state index contributed by atoms with van der Waals surface area (Å²) in [5.41, 5.74) is 8.19. The molecule has 1 aromatic carbocycles. The SMILES string of the molecule is CCC1(CC)CN(C(=O)[C@@H](C)N)c2ccccc21. The van der Waals surface area contributed by atoms with Crippen molar-refractivity contribution in [1.29, 1.82) is 0 Å². The Labute approximate surface area is 109 Å². The van der Waals surface area contributed by atoms with Crippen molar-refractivity contribution < 1.29 is 4.79 Å². The van der Waals surface area contributed by atoms with E-state index in [1.54, 1.807) is 6.92 Å². The molecule has 1 amide bonds. The lowest BCUT2D eigenvalue weighted by Crippen LogP contribution is -2.44. The van der Waals surface area contributed by atoms with Crippen LogP contribution >= 0.6 is 0 Å². The Kier molecular flexibility index (Phi) is 3.44. The molecule has 98 valence electrons. The molecule has 2 rings (SSSR count). The molecule has 0 aromatic heterocycles. The molecule has 1 aromatic rings. The molecule has 1 heterocycles. The lowest BCUT2D eigenvalue weighted by atomic mass is 9.78. The summed E-state index contributed by atoms with van der Waals surface area (Å²) in [6.45, 7) is 6.91. The average Bonchev–Trinajstić information content (AvgIpc) is 2.73. The van der Waals surface area contributed by atoms with Gasteiger partial charge < -0.3 is 10.6 Å². The molecule has 0 spiro atoms. The molecule has 0 saturated carbocycles. The van der Waals surface area contributed by atoms with E-state index in [-0.39, 0.29) is 11.3 Å². The number of nitrogens with two attached hydrogens (primary N) is 1. The molecule has 1 aliphatic rings.